The second-order valence-electron chi connectivity index (χ2n) is 18.0. The Labute approximate surface area is 356 Å². The van der Waals surface area contributed by atoms with Gasteiger partial charge >= 0.3 is 5.97 Å². The Morgan fingerprint density at radius 3 is 2.00 bits per heavy atom. The number of ether oxygens (including phenoxy) is 8. The molecule has 3 saturated carbocycles. The minimum absolute atomic E-state index is 0.0285. The molecular formula is C39H64ClO21+. The summed E-state index contributed by atoms with van der Waals surface area (Å²) in [5.41, 5.74) is 0. The molecule has 352 valence electrons. The molecule has 0 spiro atoms. The van der Waals surface area contributed by atoms with E-state index in [0.29, 0.717) is 32.1 Å². The zero-order chi connectivity index (χ0) is 43.9. The third-order valence-electron chi connectivity index (χ3n) is 13.7. The predicted octanol–water partition coefficient (Wildman–Crippen LogP) is -4.87. The highest BCUT2D eigenvalue weighted by molar-refractivity contribution is 6.20. The van der Waals surface area contributed by atoms with Crippen LogP contribution in [0, 0.1) is 17.8 Å². The van der Waals surface area contributed by atoms with E-state index in [1.54, 1.807) is 0 Å². The molecule has 0 radical (unpaired) electrons. The molecule has 3 aliphatic carbocycles. The second kappa shape index (κ2) is 20.7. The van der Waals surface area contributed by atoms with E-state index in [1.165, 1.54) is 0 Å². The molecule has 61 heavy (non-hydrogen) atoms. The molecule has 0 aromatic rings. The number of aliphatic hydroxyl groups excluding tert-OH is 12. The van der Waals surface area contributed by atoms with E-state index in [-0.39, 0.29) is 43.4 Å². The smallest absolute Gasteiger partial charge is 0.309 e. The van der Waals surface area contributed by atoms with Crippen LogP contribution in [0.5, 0.6) is 0 Å². The summed E-state index contributed by atoms with van der Waals surface area (Å²) >= 11 is 6.15. The summed E-state index contributed by atoms with van der Waals surface area (Å²) in [4.78, 5) is 12.8. The fourth-order valence-electron chi connectivity index (χ4n) is 9.98. The fraction of sp³-hybridized carbons (Fsp3) is 0.974. The van der Waals surface area contributed by atoms with Crippen LogP contribution in [-0.2, 0) is 38.0 Å². The number of rotatable bonds is 11. The number of fused-ring (bicyclic) bond motifs is 1. The average Bonchev–Trinajstić information content (AvgIpc) is 3.23. The molecule has 7 rings (SSSR count). The van der Waals surface area contributed by atoms with Crippen molar-refractivity contribution in [2.45, 2.75) is 198 Å². The van der Waals surface area contributed by atoms with Gasteiger partial charge in [-0.25, -0.2) is 0 Å². The summed E-state index contributed by atoms with van der Waals surface area (Å²) in [5, 5.41) is 129. The molecule has 22 heteroatoms. The van der Waals surface area contributed by atoms with E-state index >= 15 is 0 Å². The van der Waals surface area contributed by atoms with Crippen molar-refractivity contribution in [1.82, 2.24) is 0 Å². The monoisotopic (exact) mass is 903 g/mol. The molecular weight excluding hydrogens is 840 g/mol. The molecule has 0 aromatic carbocycles. The number of aliphatic hydroxyl groups is 14. The maximum atomic E-state index is 12.8. The Morgan fingerprint density at radius 1 is 0.607 bits per heavy atom. The molecule has 4 aliphatic heterocycles. The van der Waals surface area contributed by atoms with Gasteiger partial charge in [0, 0.05) is 24.1 Å². The fourth-order valence-corrected chi connectivity index (χ4v) is 10.2. The third-order valence-corrected chi connectivity index (χ3v) is 14.2. The van der Waals surface area contributed by atoms with Crippen LogP contribution in [0.2, 0.25) is 0 Å². The largest absolute Gasteiger partial charge is 0.463 e. The summed E-state index contributed by atoms with van der Waals surface area (Å²) in [5.74, 6) is -1.73. The lowest BCUT2D eigenvalue weighted by molar-refractivity contribution is -0.385. The van der Waals surface area contributed by atoms with Crippen molar-refractivity contribution < 1.29 is 104 Å². The Balaban J connectivity index is 1.08. The van der Waals surface area contributed by atoms with Crippen molar-refractivity contribution in [1.29, 1.82) is 0 Å². The Bertz CT molecular complexity index is 1410. The first-order chi connectivity index (χ1) is 29.0. The number of alkyl halides is 1. The normalized spacial score (nSPS) is 52.2. The van der Waals surface area contributed by atoms with Gasteiger partial charge in [0.1, 0.15) is 79.9 Å². The van der Waals surface area contributed by atoms with E-state index in [1.807, 2.05) is 0 Å². The molecule has 4 saturated heterocycles. The molecule has 13 N–H and O–H groups in total. The lowest BCUT2D eigenvalue weighted by Gasteiger charge is -2.49. The SMILES string of the molecule is O=C(OCC1OC(OCC2OC(OC3CC4C(O)CC(O)CC4[OH+]C3C3CCC(O)C(O)C3)C(OC3OCC(O)C(O)C3O)C(O)C2O)C(O)C(O)C1O)C1CCC(Cl)CC1. The highest BCUT2D eigenvalue weighted by Gasteiger charge is 2.56. The third kappa shape index (κ3) is 10.8. The highest BCUT2D eigenvalue weighted by Crippen LogP contribution is 2.43. The number of hydrogen-bond donors (Lipinski definition) is 12. The molecule has 4 heterocycles. The maximum absolute atomic E-state index is 12.8. The van der Waals surface area contributed by atoms with Crippen LogP contribution in [0.15, 0.2) is 0 Å². The number of halogens is 1. The summed E-state index contributed by atoms with van der Waals surface area (Å²) in [6, 6.07) is 0. The maximum Gasteiger partial charge on any atom is 0.309 e. The van der Waals surface area contributed by atoms with Crippen LogP contribution < -0.4 is 0 Å². The van der Waals surface area contributed by atoms with Crippen molar-refractivity contribution >= 4 is 17.6 Å². The minimum atomic E-state index is -1.88. The highest BCUT2D eigenvalue weighted by atomic mass is 35.5. The minimum Gasteiger partial charge on any atom is -0.463 e. The lowest BCUT2D eigenvalue weighted by atomic mass is 9.72. The molecule has 21 nitrogen and oxygen atoms in total. The van der Waals surface area contributed by atoms with Crippen LogP contribution in [0.25, 0.3) is 0 Å². The molecule has 7 fully saturated rings. The van der Waals surface area contributed by atoms with Crippen molar-refractivity contribution in [3.63, 3.8) is 0 Å². The molecule has 23 atom stereocenters. The van der Waals surface area contributed by atoms with Gasteiger partial charge in [-0.3, -0.25) is 4.79 Å². The first kappa shape index (κ1) is 47.9. The Morgan fingerprint density at radius 2 is 1.28 bits per heavy atom. The number of esters is 1. The molecule has 0 aromatic heterocycles. The molecule has 0 amide bonds. The van der Waals surface area contributed by atoms with Gasteiger partial charge in [-0.15, -0.1) is 11.6 Å². The molecule has 7 aliphatic rings. The van der Waals surface area contributed by atoms with E-state index in [9.17, 15) is 66.1 Å². The quantitative estimate of drug-likeness (QED) is 0.0525. The molecule has 0 bridgehead atoms. The topological polar surface area (TPSA) is 337 Å². The zero-order valence-electron chi connectivity index (χ0n) is 33.6. The van der Waals surface area contributed by atoms with Gasteiger partial charge in [-0.2, -0.15) is 0 Å². The Kier molecular flexibility index (Phi) is 16.2. The van der Waals surface area contributed by atoms with Gasteiger partial charge in [-0.05, 0) is 51.4 Å². The van der Waals surface area contributed by atoms with E-state index in [4.69, 9.17) is 49.5 Å². The van der Waals surface area contributed by atoms with Crippen LogP contribution in [0.4, 0.5) is 0 Å². The van der Waals surface area contributed by atoms with Gasteiger partial charge in [0.05, 0.1) is 49.5 Å². The number of hydrogen-bond acceptors (Lipinski definition) is 20. The van der Waals surface area contributed by atoms with Gasteiger partial charge in [-0.1, -0.05) is 0 Å². The van der Waals surface area contributed by atoms with Crippen molar-refractivity contribution in [2.75, 3.05) is 19.8 Å². The van der Waals surface area contributed by atoms with Crippen LogP contribution >= 0.6 is 11.6 Å². The number of carbonyl (C=O) groups excluding carboxylic acids is 1. The lowest BCUT2D eigenvalue weighted by Crippen LogP contribution is -2.65. The summed E-state index contributed by atoms with van der Waals surface area (Å²) in [7, 11) is 0. The van der Waals surface area contributed by atoms with Gasteiger partial charge in [0.25, 0.3) is 0 Å². The number of carbonyl (C=O) groups is 1. The van der Waals surface area contributed by atoms with Crippen molar-refractivity contribution in [3.8, 4) is 0 Å². The summed E-state index contributed by atoms with van der Waals surface area (Å²) in [6.45, 7) is -1.58. The van der Waals surface area contributed by atoms with Crippen LogP contribution in [-0.4, -0.2) is 226 Å². The first-order valence-corrected chi connectivity index (χ1v) is 22.0. The first-order valence-electron chi connectivity index (χ1n) is 21.5. The zero-order valence-corrected chi connectivity index (χ0v) is 34.3. The average molecular weight is 904 g/mol. The Hall–Kier alpha value is -1.00. The second-order valence-corrected chi connectivity index (χ2v) is 18.6. The van der Waals surface area contributed by atoms with Gasteiger partial charge in [0.2, 0.25) is 0 Å². The predicted molar refractivity (Wildman–Crippen MR) is 202 cm³/mol. The summed E-state index contributed by atoms with van der Waals surface area (Å²) in [6.07, 6.45) is -25.5. The van der Waals surface area contributed by atoms with Crippen molar-refractivity contribution in [3.05, 3.63) is 0 Å². The van der Waals surface area contributed by atoms with Crippen LogP contribution in [0.3, 0.4) is 0 Å². The molecule has 23 unspecified atom stereocenters. The van der Waals surface area contributed by atoms with Crippen molar-refractivity contribution in [2.24, 2.45) is 17.8 Å². The van der Waals surface area contributed by atoms with Gasteiger partial charge < -0.3 is 99.2 Å². The van der Waals surface area contributed by atoms with Gasteiger partial charge in [0.15, 0.2) is 31.1 Å². The van der Waals surface area contributed by atoms with Crippen LogP contribution in [0.1, 0.15) is 64.2 Å². The van der Waals surface area contributed by atoms with E-state index < -0.39 is 166 Å². The van der Waals surface area contributed by atoms with E-state index in [2.05, 4.69) is 0 Å². The van der Waals surface area contributed by atoms with E-state index in [0.717, 1.165) is 0 Å². The standard InChI is InChI=1S/C39H63ClO21/c40-16-4-1-14(2-5-16)36(53)54-12-25-28(47)30(49)33(52)37(59-25)56-13-26-29(48)31(50)35(61-38-32(51)27(46)22(45)11-55-38)39(60-26)58-24-10-18-20(43)8-17(41)9-23(18)57-34(24)15-3-6-19(42)21(44)7-15/h14-35,37-39,41-52H,1-13H2/p+1. The summed E-state index contributed by atoms with van der Waals surface area (Å²) < 4.78 is 46.2.